The zero-order valence-electron chi connectivity index (χ0n) is 12.3. The minimum Gasteiger partial charge on any atom is -0.458 e. The summed E-state index contributed by atoms with van der Waals surface area (Å²) in [7, 11) is -3.97. The number of carbonyl (C=O) groups is 1. The van der Waals surface area contributed by atoms with Crippen LogP contribution in [0.2, 0.25) is 10.0 Å². The van der Waals surface area contributed by atoms with Gasteiger partial charge in [-0.05, 0) is 26.0 Å². The van der Waals surface area contributed by atoms with E-state index in [9.17, 15) is 22.0 Å². The molecule has 130 valence electrons. The number of nitrogens with zero attached hydrogens (tertiary/aromatic N) is 1. The zero-order chi connectivity index (χ0) is 17.8. The van der Waals surface area contributed by atoms with Crippen molar-refractivity contribution in [3.8, 4) is 0 Å². The molecule has 0 N–H and O–H groups in total. The van der Waals surface area contributed by atoms with Gasteiger partial charge in [0.2, 0.25) is 10.0 Å². The molecule has 0 aliphatic rings. The van der Waals surface area contributed by atoms with Gasteiger partial charge in [-0.25, -0.2) is 22.0 Å². The first-order chi connectivity index (χ1) is 10.6. The van der Waals surface area contributed by atoms with Crippen molar-refractivity contribution in [2.75, 3.05) is 16.7 Å². The van der Waals surface area contributed by atoms with Gasteiger partial charge in [0.05, 0.1) is 21.5 Å². The van der Waals surface area contributed by atoms with E-state index < -0.39 is 35.1 Å². The molecule has 5 nitrogen and oxygen atoms in total. The van der Waals surface area contributed by atoms with Gasteiger partial charge < -0.3 is 4.74 Å². The van der Waals surface area contributed by atoms with E-state index in [-0.39, 0.29) is 21.5 Å². The number of esters is 1. The summed E-state index contributed by atoms with van der Waals surface area (Å²) in [6.45, 7) is 1.45. The van der Waals surface area contributed by atoms with Gasteiger partial charge in [-0.15, -0.1) is 0 Å². The van der Waals surface area contributed by atoms with Gasteiger partial charge >= 0.3 is 5.97 Å². The number of rotatable bonds is 7. The number of halogens is 4. The van der Waals surface area contributed by atoms with Crippen LogP contribution in [0, 0.1) is 0 Å². The Hall–Kier alpha value is -1.12. The van der Waals surface area contributed by atoms with Crippen LogP contribution in [-0.2, 0) is 19.6 Å². The van der Waals surface area contributed by atoms with E-state index in [1.165, 1.54) is 32.0 Å². The summed E-state index contributed by atoms with van der Waals surface area (Å²) in [5.41, 5.74) is -0.0980. The van der Waals surface area contributed by atoms with Crippen LogP contribution in [0.25, 0.3) is 0 Å². The number of para-hydroxylation sites is 1. The molecule has 1 rings (SSSR count). The van der Waals surface area contributed by atoms with E-state index in [1.807, 2.05) is 0 Å². The number of hydrogen-bond donors (Lipinski definition) is 0. The number of carbonyl (C=O) groups excluding carboxylic acids is 1. The maximum atomic E-state index is 12.3. The van der Waals surface area contributed by atoms with Crippen LogP contribution in [0.3, 0.4) is 0 Å². The van der Waals surface area contributed by atoms with Crippen molar-refractivity contribution in [3.05, 3.63) is 28.2 Å². The first kappa shape index (κ1) is 19.9. The van der Waals surface area contributed by atoms with Gasteiger partial charge in [0.1, 0.15) is 6.04 Å². The van der Waals surface area contributed by atoms with Crippen molar-refractivity contribution in [2.45, 2.75) is 26.3 Å². The molecule has 0 spiro atoms. The summed E-state index contributed by atoms with van der Waals surface area (Å²) in [6, 6.07) is 2.90. The smallest absolute Gasteiger partial charge is 0.329 e. The van der Waals surface area contributed by atoms with Crippen LogP contribution in [0.4, 0.5) is 14.5 Å². The molecule has 0 aromatic heterocycles. The van der Waals surface area contributed by atoms with Crippen molar-refractivity contribution in [1.29, 1.82) is 0 Å². The minimum atomic E-state index is -3.97. The quantitative estimate of drug-likeness (QED) is 0.670. The number of sulfonamides is 1. The summed E-state index contributed by atoms with van der Waals surface area (Å²) in [5, 5.41) is 0.00562. The molecule has 23 heavy (non-hydrogen) atoms. The Morgan fingerprint density at radius 1 is 1.30 bits per heavy atom. The zero-order valence-corrected chi connectivity index (χ0v) is 14.6. The third-order valence-electron chi connectivity index (χ3n) is 2.87. The molecule has 0 saturated heterocycles. The molecule has 10 heteroatoms. The maximum Gasteiger partial charge on any atom is 0.329 e. The van der Waals surface area contributed by atoms with Gasteiger partial charge in [0.15, 0.2) is 6.61 Å². The summed E-state index contributed by atoms with van der Waals surface area (Å²) in [6.07, 6.45) is -2.86. The molecule has 0 radical (unpaired) electrons. The first-order valence-corrected chi connectivity index (χ1v) is 8.89. The van der Waals surface area contributed by atoms with Crippen molar-refractivity contribution in [2.24, 2.45) is 0 Å². The number of anilines is 1. The second-order valence-electron chi connectivity index (χ2n) is 4.46. The highest BCUT2D eigenvalue weighted by Gasteiger charge is 2.34. The van der Waals surface area contributed by atoms with Crippen molar-refractivity contribution in [3.63, 3.8) is 0 Å². The number of hydrogen-bond acceptors (Lipinski definition) is 4. The lowest BCUT2D eigenvalue weighted by molar-refractivity contribution is -0.148. The predicted octanol–water partition coefficient (Wildman–Crippen LogP) is 3.35. The Bertz CT molecular complexity index is 650. The van der Waals surface area contributed by atoms with Crippen LogP contribution in [-0.4, -0.2) is 39.2 Å². The Labute approximate surface area is 143 Å². The summed E-state index contributed by atoms with van der Waals surface area (Å²) < 4.78 is 54.1. The van der Waals surface area contributed by atoms with E-state index in [0.29, 0.717) is 4.31 Å². The lowest BCUT2D eigenvalue weighted by Crippen LogP contribution is -2.45. The van der Waals surface area contributed by atoms with Gasteiger partial charge in [-0.1, -0.05) is 29.3 Å². The third-order valence-corrected chi connectivity index (χ3v) is 5.30. The Kier molecular flexibility index (Phi) is 7.03. The predicted molar refractivity (Wildman–Crippen MR) is 84.8 cm³/mol. The molecule has 0 heterocycles. The van der Waals surface area contributed by atoms with Gasteiger partial charge in [0, 0.05) is 0 Å². The summed E-state index contributed by atoms with van der Waals surface area (Å²) >= 11 is 12.0. The molecule has 1 aromatic carbocycles. The molecule has 0 saturated carbocycles. The molecule has 0 bridgehead atoms. The second kappa shape index (κ2) is 8.12. The van der Waals surface area contributed by atoms with Crippen LogP contribution >= 0.6 is 23.2 Å². The van der Waals surface area contributed by atoms with E-state index in [4.69, 9.17) is 23.2 Å². The molecule has 1 aromatic rings. The highest BCUT2D eigenvalue weighted by atomic mass is 35.5. The van der Waals surface area contributed by atoms with Crippen LogP contribution in [0.15, 0.2) is 18.2 Å². The van der Waals surface area contributed by atoms with Crippen LogP contribution in [0.5, 0.6) is 0 Å². The number of alkyl halides is 2. The SMILES string of the molecule is CCS(=O)(=O)N(c1c(Cl)cccc1Cl)C(C)C(=O)OCC(F)F. The highest BCUT2D eigenvalue weighted by molar-refractivity contribution is 7.92. The summed E-state index contributed by atoms with van der Waals surface area (Å²) in [4.78, 5) is 11.9. The molecule has 0 amide bonds. The van der Waals surface area contributed by atoms with E-state index in [1.54, 1.807) is 0 Å². The largest absolute Gasteiger partial charge is 0.458 e. The normalized spacial score (nSPS) is 13.0. The summed E-state index contributed by atoms with van der Waals surface area (Å²) in [5.74, 6) is -1.47. The molecule has 0 aliphatic heterocycles. The average Bonchev–Trinajstić information content (AvgIpc) is 2.47. The topological polar surface area (TPSA) is 63.7 Å². The van der Waals surface area contributed by atoms with Crippen LogP contribution < -0.4 is 4.31 Å². The van der Waals surface area contributed by atoms with Crippen molar-refractivity contribution < 1.29 is 26.7 Å². The van der Waals surface area contributed by atoms with Gasteiger partial charge in [-0.2, -0.15) is 0 Å². The standard InChI is InChI=1S/C13H15Cl2F2NO4S/c1-3-23(20,21)18(8(2)13(19)22-7-11(16)17)12-9(14)5-4-6-10(12)15/h4-6,8,11H,3,7H2,1-2H3. The fourth-order valence-electron chi connectivity index (χ4n) is 1.77. The average molecular weight is 390 g/mol. The Morgan fingerprint density at radius 2 is 1.83 bits per heavy atom. The molecular formula is C13H15Cl2F2NO4S. The van der Waals surface area contributed by atoms with Crippen molar-refractivity contribution in [1.82, 2.24) is 0 Å². The van der Waals surface area contributed by atoms with E-state index in [2.05, 4.69) is 4.74 Å². The molecule has 1 atom stereocenters. The number of benzene rings is 1. The second-order valence-corrected chi connectivity index (χ2v) is 7.41. The monoisotopic (exact) mass is 389 g/mol. The third kappa shape index (κ3) is 4.92. The van der Waals surface area contributed by atoms with E-state index >= 15 is 0 Å². The minimum absolute atomic E-state index is 0.00281. The lowest BCUT2D eigenvalue weighted by Gasteiger charge is -2.30. The molecule has 0 aliphatic carbocycles. The lowest BCUT2D eigenvalue weighted by atomic mass is 10.2. The number of ether oxygens (including phenoxy) is 1. The first-order valence-electron chi connectivity index (χ1n) is 6.52. The van der Waals surface area contributed by atoms with Gasteiger partial charge in [-0.3, -0.25) is 4.31 Å². The Morgan fingerprint density at radius 3 is 2.26 bits per heavy atom. The van der Waals surface area contributed by atoms with E-state index in [0.717, 1.165) is 0 Å². The Balaban J connectivity index is 3.30. The van der Waals surface area contributed by atoms with Crippen molar-refractivity contribution >= 4 is 44.9 Å². The maximum absolute atomic E-state index is 12.3. The fraction of sp³-hybridized carbons (Fsp3) is 0.462. The molecular weight excluding hydrogens is 375 g/mol. The van der Waals surface area contributed by atoms with Crippen LogP contribution in [0.1, 0.15) is 13.8 Å². The highest BCUT2D eigenvalue weighted by Crippen LogP contribution is 2.36. The molecule has 1 unspecified atom stereocenters. The van der Waals surface area contributed by atoms with Gasteiger partial charge in [0.25, 0.3) is 6.43 Å². The fourth-order valence-corrected chi connectivity index (χ4v) is 3.77. The molecule has 0 fully saturated rings.